The molecule has 0 heterocycles. The Morgan fingerprint density at radius 1 is 1.12 bits per heavy atom. The summed E-state index contributed by atoms with van der Waals surface area (Å²) in [5.41, 5.74) is 0.429. The first-order valence-electron chi connectivity index (χ1n) is 10.3. The van der Waals surface area contributed by atoms with Crippen molar-refractivity contribution in [2.45, 2.75) is 71.6 Å². The van der Waals surface area contributed by atoms with Crippen LogP contribution in [0.5, 0.6) is 5.75 Å². The first kappa shape index (κ1) is 20.6. The predicted molar refractivity (Wildman–Crippen MR) is 108 cm³/mol. The number of halogens is 1. The van der Waals surface area contributed by atoms with Crippen LogP contribution in [0.4, 0.5) is 4.39 Å². The molecule has 1 saturated carbocycles. The van der Waals surface area contributed by atoms with E-state index < -0.39 is 0 Å². The minimum Gasteiger partial charge on any atom is -0.494 e. The summed E-state index contributed by atoms with van der Waals surface area (Å²) in [6.07, 6.45) is 15.7. The van der Waals surface area contributed by atoms with Crippen molar-refractivity contribution < 1.29 is 9.13 Å². The van der Waals surface area contributed by atoms with Gasteiger partial charge in [0.25, 0.3) is 0 Å². The monoisotopic (exact) mass is 356 g/mol. The minimum absolute atomic E-state index is 0.313. The summed E-state index contributed by atoms with van der Waals surface area (Å²) in [4.78, 5) is 0. The summed E-state index contributed by atoms with van der Waals surface area (Å²) in [6.45, 7) is 4.90. The van der Waals surface area contributed by atoms with Crippen molar-refractivity contribution in [3.8, 4) is 17.6 Å². The Hall–Kier alpha value is -1.75. The number of rotatable bonds is 8. The molecule has 0 amide bonds. The van der Waals surface area contributed by atoms with Crippen LogP contribution < -0.4 is 4.74 Å². The van der Waals surface area contributed by atoms with Gasteiger partial charge in [-0.15, -0.1) is 0 Å². The van der Waals surface area contributed by atoms with Crippen LogP contribution in [0, 0.1) is 29.5 Å². The van der Waals surface area contributed by atoms with Crippen LogP contribution in [0.3, 0.4) is 0 Å². The highest BCUT2D eigenvalue weighted by Crippen LogP contribution is 2.32. The third-order valence-electron chi connectivity index (χ3n) is 5.18. The SMILES string of the molecule is CCCCCC1CCC(C=CC#Cc2ccc(OCCC)cc2F)CC1. The van der Waals surface area contributed by atoms with E-state index in [0.29, 0.717) is 23.8 Å². The molecule has 0 aliphatic heterocycles. The van der Waals surface area contributed by atoms with Gasteiger partial charge in [-0.25, -0.2) is 4.39 Å². The average Bonchev–Trinajstić information content (AvgIpc) is 2.66. The summed E-state index contributed by atoms with van der Waals surface area (Å²) in [6, 6.07) is 4.90. The Balaban J connectivity index is 1.77. The Morgan fingerprint density at radius 2 is 1.92 bits per heavy atom. The average molecular weight is 357 g/mol. The number of benzene rings is 1. The van der Waals surface area contributed by atoms with Gasteiger partial charge >= 0.3 is 0 Å². The number of unbranched alkanes of at least 4 members (excludes halogenated alkanes) is 2. The molecule has 0 aromatic heterocycles. The molecule has 1 aliphatic rings. The van der Waals surface area contributed by atoms with E-state index in [1.807, 2.05) is 13.0 Å². The highest BCUT2D eigenvalue weighted by Gasteiger charge is 2.18. The lowest BCUT2D eigenvalue weighted by Gasteiger charge is -2.26. The first-order valence-corrected chi connectivity index (χ1v) is 10.3. The lowest BCUT2D eigenvalue weighted by Crippen LogP contribution is -2.12. The van der Waals surface area contributed by atoms with Crippen molar-refractivity contribution in [1.82, 2.24) is 0 Å². The van der Waals surface area contributed by atoms with Crippen LogP contribution in [0.2, 0.25) is 0 Å². The van der Waals surface area contributed by atoms with Crippen molar-refractivity contribution in [1.29, 1.82) is 0 Å². The second kappa shape index (κ2) is 11.8. The van der Waals surface area contributed by atoms with E-state index in [1.54, 1.807) is 12.1 Å². The van der Waals surface area contributed by atoms with Crippen molar-refractivity contribution in [3.63, 3.8) is 0 Å². The fourth-order valence-electron chi connectivity index (χ4n) is 3.56. The molecule has 0 unspecified atom stereocenters. The van der Waals surface area contributed by atoms with E-state index in [4.69, 9.17) is 4.74 Å². The topological polar surface area (TPSA) is 9.23 Å². The number of allylic oxidation sites excluding steroid dienone is 2. The van der Waals surface area contributed by atoms with Crippen LogP contribution in [0.1, 0.15) is 77.2 Å². The van der Waals surface area contributed by atoms with Gasteiger partial charge in [-0.3, -0.25) is 0 Å². The minimum atomic E-state index is -0.313. The van der Waals surface area contributed by atoms with Crippen LogP contribution in [-0.2, 0) is 0 Å². The molecular formula is C24H33FO. The summed E-state index contributed by atoms with van der Waals surface area (Å²) < 4.78 is 19.5. The summed E-state index contributed by atoms with van der Waals surface area (Å²) in [5.74, 6) is 7.73. The molecule has 142 valence electrons. The van der Waals surface area contributed by atoms with Crippen molar-refractivity contribution in [3.05, 3.63) is 41.7 Å². The Kier molecular flexibility index (Phi) is 9.32. The second-order valence-corrected chi connectivity index (χ2v) is 7.40. The molecule has 0 N–H and O–H groups in total. The van der Waals surface area contributed by atoms with Gasteiger partial charge in [0.1, 0.15) is 11.6 Å². The van der Waals surface area contributed by atoms with Crippen molar-refractivity contribution in [2.24, 2.45) is 11.8 Å². The van der Waals surface area contributed by atoms with Gasteiger partial charge in [-0.05, 0) is 62.1 Å². The fourth-order valence-corrected chi connectivity index (χ4v) is 3.56. The van der Waals surface area contributed by atoms with Gasteiger partial charge in [0.05, 0.1) is 12.2 Å². The van der Waals surface area contributed by atoms with Gasteiger partial charge in [0, 0.05) is 6.07 Å². The molecule has 0 atom stereocenters. The molecule has 2 rings (SSSR count). The molecule has 0 spiro atoms. The fraction of sp³-hybridized carbons (Fsp3) is 0.583. The molecule has 1 aliphatic carbocycles. The molecule has 1 aromatic carbocycles. The van der Waals surface area contributed by atoms with Gasteiger partial charge in [-0.1, -0.05) is 57.4 Å². The number of ether oxygens (including phenoxy) is 1. The Bertz CT molecular complexity index is 615. The summed E-state index contributed by atoms with van der Waals surface area (Å²) in [5, 5.41) is 0. The summed E-state index contributed by atoms with van der Waals surface area (Å²) in [7, 11) is 0. The third kappa shape index (κ3) is 7.24. The molecule has 0 bridgehead atoms. The van der Waals surface area contributed by atoms with E-state index in [0.717, 1.165) is 12.3 Å². The highest BCUT2D eigenvalue weighted by molar-refractivity contribution is 5.41. The maximum Gasteiger partial charge on any atom is 0.142 e. The zero-order chi connectivity index (χ0) is 18.6. The van der Waals surface area contributed by atoms with E-state index in [1.165, 1.54) is 57.4 Å². The van der Waals surface area contributed by atoms with Crippen LogP contribution >= 0.6 is 0 Å². The lowest BCUT2D eigenvalue weighted by molar-refractivity contribution is 0.289. The molecule has 1 aromatic rings. The largest absolute Gasteiger partial charge is 0.494 e. The molecule has 0 radical (unpaired) electrons. The Morgan fingerprint density at radius 3 is 2.62 bits per heavy atom. The van der Waals surface area contributed by atoms with Crippen molar-refractivity contribution >= 4 is 0 Å². The van der Waals surface area contributed by atoms with E-state index >= 15 is 0 Å². The van der Waals surface area contributed by atoms with Crippen LogP contribution in [0.25, 0.3) is 0 Å². The second-order valence-electron chi connectivity index (χ2n) is 7.40. The zero-order valence-electron chi connectivity index (χ0n) is 16.4. The van der Waals surface area contributed by atoms with Gasteiger partial charge in [0.15, 0.2) is 0 Å². The predicted octanol–water partition coefficient (Wildman–Crippen LogP) is 6.91. The molecule has 2 heteroatoms. The standard InChI is InChI=1S/C24H33FO/c1-3-5-6-9-20-12-14-21(15-13-20)10-7-8-11-22-16-17-23(19-24(22)25)26-18-4-2/h7,10,16-17,19-21H,3-6,9,12-15,18H2,1-2H3. The first-order chi connectivity index (χ1) is 12.7. The number of hydrogen-bond donors (Lipinski definition) is 0. The van der Waals surface area contributed by atoms with Gasteiger partial charge < -0.3 is 4.74 Å². The van der Waals surface area contributed by atoms with Gasteiger partial charge in [-0.2, -0.15) is 0 Å². The van der Waals surface area contributed by atoms with E-state index in [-0.39, 0.29) is 5.82 Å². The Labute approximate surface area is 159 Å². The van der Waals surface area contributed by atoms with Crippen LogP contribution in [-0.4, -0.2) is 6.61 Å². The third-order valence-corrected chi connectivity index (χ3v) is 5.18. The molecule has 1 nitrogen and oxygen atoms in total. The summed E-state index contributed by atoms with van der Waals surface area (Å²) >= 11 is 0. The van der Waals surface area contributed by atoms with Crippen LogP contribution in [0.15, 0.2) is 30.4 Å². The molecule has 26 heavy (non-hydrogen) atoms. The molecule has 0 saturated heterocycles. The molecular weight excluding hydrogens is 323 g/mol. The maximum atomic E-state index is 14.0. The number of hydrogen-bond acceptors (Lipinski definition) is 1. The van der Waals surface area contributed by atoms with E-state index in [9.17, 15) is 4.39 Å². The van der Waals surface area contributed by atoms with Crippen molar-refractivity contribution in [2.75, 3.05) is 6.61 Å². The maximum absolute atomic E-state index is 14.0. The quantitative estimate of drug-likeness (QED) is 0.363. The normalized spacial score (nSPS) is 20.0. The molecule has 1 fully saturated rings. The zero-order valence-corrected chi connectivity index (χ0v) is 16.4. The van der Waals surface area contributed by atoms with E-state index in [2.05, 4.69) is 24.8 Å². The smallest absolute Gasteiger partial charge is 0.142 e. The van der Waals surface area contributed by atoms with Gasteiger partial charge in [0.2, 0.25) is 0 Å². The highest BCUT2D eigenvalue weighted by atomic mass is 19.1. The lowest BCUT2D eigenvalue weighted by atomic mass is 9.79.